The highest BCUT2D eigenvalue weighted by atomic mass is 16.5. The van der Waals surface area contributed by atoms with Gasteiger partial charge in [0.15, 0.2) is 6.10 Å². The van der Waals surface area contributed by atoms with Crippen LogP contribution in [0.5, 0.6) is 5.75 Å². The number of nitrogens with zero attached hydrogens (tertiary/aromatic N) is 4. The molecule has 1 aliphatic rings. The van der Waals surface area contributed by atoms with Crippen molar-refractivity contribution in [2.75, 3.05) is 6.54 Å². The summed E-state index contributed by atoms with van der Waals surface area (Å²) in [6.45, 7) is 3.23. The standard InChI is InChI=1S/C18H20N4O2/c1-14(24-17-7-5-15(12-19)6-8-17)18(23)22-11-2-4-16(22)13-21-10-3-9-20-21/h3,5-10,14,16H,2,4,11,13H2,1H3. The first-order valence-electron chi connectivity index (χ1n) is 8.12. The van der Waals surface area contributed by atoms with E-state index >= 15 is 0 Å². The highest BCUT2D eigenvalue weighted by molar-refractivity contribution is 5.81. The van der Waals surface area contributed by atoms with Gasteiger partial charge in [-0.25, -0.2) is 0 Å². The molecule has 1 saturated heterocycles. The number of benzene rings is 1. The van der Waals surface area contributed by atoms with Crippen LogP contribution in [0.25, 0.3) is 0 Å². The van der Waals surface area contributed by atoms with Gasteiger partial charge >= 0.3 is 0 Å². The Morgan fingerprint density at radius 3 is 2.92 bits per heavy atom. The van der Waals surface area contributed by atoms with E-state index in [4.69, 9.17) is 10.00 Å². The van der Waals surface area contributed by atoms with E-state index in [1.54, 1.807) is 37.4 Å². The maximum Gasteiger partial charge on any atom is 0.263 e. The molecule has 6 heteroatoms. The summed E-state index contributed by atoms with van der Waals surface area (Å²) in [5.41, 5.74) is 0.570. The van der Waals surface area contributed by atoms with Gasteiger partial charge in [-0.3, -0.25) is 9.48 Å². The predicted octanol–water partition coefficient (Wildman–Crippen LogP) is 2.21. The second kappa shape index (κ2) is 7.18. The number of carbonyl (C=O) groups is 1. The number of rotatable bonds is 5. The number of hydrogen-bond acceptors (Lipinski definition) is 4. The lowest BCUT2D eigenvalue weighted by Crippen LogP contribution is -2.44. The van der Waals surface area contributed by atoms with Gasteiger partial charge in [0.2, 0.25) is 0 Å². The average Bonchev–Trinajstić information content (AvgIpc) is 3.27. The van der Waals surface area contributed by atoms with Crippen LogP contribution in [0, 0.1) is 11.3 Å². The van der Waals surface area contributed by atoms with Crippen LogP contribution in [0.15, 0.2) is 42.7 Å². The largest absolute Gasteiger partial charge is 0.481 e. The van der Waals surface area contributed by atoms with Gasteiger partial charge < -0.3 is 9.64 Å². The molecule has 0 spiro atoms. The molecule has 1 aliphatic heterocycles. The topological polar surface area (TPSA) is 71.2 Å². The molecule has 1 aromatic carbocycles. The fraction of sp³-hybridized carbons (Fsp3) is 0.389. The van der Waals surface area contributed by atoms with Crippen molar-refractivity contribution in [2.24, 2.45) is 0 Å². The number of amides is 1. The van der Waals surface area contributed by atoms with E-state index in [1.807, 2.05) is 21.8 Å². The first-order valence-corrected chi connectivity index (χ1v) is 8.12. The molecule has 0 N–H and O–H groups in total. The van der Waals surface area contributed by atoms with Crippen molar-refractivity contribution in [3.8, 4) is 11.8 Å². The zero-order valence-corrected chi connectivity index (χ0v) is 13.6. The molecule has 1 fully saturated rings. The molecule has 3 rings (SSSR count). The van der Waals surface area contributed by atoms with Crippen LogP contribution in [0.3, 0.4) is 0 Å². The number of aromatic nitrogens is 2. The van der Waals surface area contributed by atoms with Gasteiger partial charge in [0.05, 0.1) is 24.2 Å². The van der Waals surface area contributed by atoms with Crippen molar-refractivity contribution >= 4 is 5.91 Å². The molecule has 1 amide bonds. The molecule has 0 bridgehead atoms. The summed E-state index contributed by atoms with van der Waals surface area (Å²) in [6.07, 6.45) is 5.09. The monoisotopic (exact) mass is 324 g/mol. The Morgan fingerprint density at radius 1 is 1.46 bits per heavy atom. The Hall–Kier alpha value is -2.81. The van der Waals surface area contributed by atoms with Gasteiger partial charge in [0, 0.05) is 18.9 Å². The van der Waals surface area contributed by atoms with E-state index in [1.165, 1.54) is 0 Å². The average molecular weight is 324 g/mol. The molecular formula is C18H20N4O2. The smallest absolute Gasteiger partial charge is 0.263 e. The number of carbonyl (C=O) groups excluding carboxylic acids is 1. The fourth-order valence-corrected chi connectivity index (χ4v) is 3.04. The SMILES string of the molecule is CC(Oc1ccc(C#N)cc1)C(=O)N1CCCC1Cn1cccn1. The number of likely N-dealkylation sites (tertiary alicyclic amines) is 1. The molecule has 0 aliphatic carbocycles. The van der Waals surface area contributed by atoms with Crippen molar-refractivity contribution in [2.45, 2.75) is 38.5 Å². The summed E-state index contributed by atoms with van der Waals surface area (Å²) < 4.78 is 7.61. The summed E-state index contributed by atoms with van der Waals surface area (Å²) in [5, 5.41) is 13.0. The molecule has 2 aromatic rings. The summed E-state index contributed by atoms with van der Waals surface area (Å²) >= 11 is 0. The van der Waals surface area contributed by atoms with Gasteiger partial charge in [-0.05, 0) is 50.1 Å². The van der Waals surface area contributed by atoms with Crippen LogP contribution >= 0.6 is 0 Å². The van der Waals surface area contributed by atoms with Crippen LogP contribution < -0.4 is 4.74 Å². The molecule has 6 nitrogen and oxygen atoms in total. The van der Waals surface area contributed by atoms with Crippen molar-refractivity contribution in [1.29, 1.82) is 5.26 Å². The minimum Gasteiger partial charge on any atom is -0.481 e. The zero-order valence-electron chi connectivity index (χ0n) is 13.6. The summed E-state index contributed by atoms with van der Waals surface area (Å²) in [5.74, 6) is 0.590. The fourth-order valence-electron chi connectivity index (χ4n) is 3.04. The van der Waals surface area contributed by atoms with E-state index in [2.05, 4.69) is 11.2 Å². The molecule has 2 unspecified atom stereocenters. The molecule has 1 aromatic heterocycles. The zero-order chi connectivity index (χ0) is 16.9. The first kappa shape index (κ1) is 16.1. The maximum absolute atomic E-state index is 12.7. The third-order valence-electron chi connectivity index (χ3n) is 4.26. The van der Waals surface area contributed by atoms with Crippen LogP contribution in [0.4, 0.5) is 0 Å². The normalized spacial score (nSPS) is 18.2. The third-order valence-corrected chi connectivity index (χ3v) is 4.26. The van der Waals surface area contributed by atoms with E-state index in [0.29, 0.717) is 17.9 Å². The highest BCUT2D eigenvalue weighted by Crippen LogP contribution is 2.21. The summed E-state index contributed by atoms with van der Waals surface area (Å²) in [6, 6.07) is 10.9. The Morgan fingerprint density at radius 2 is 2.25 bits per heavy atom. The van der Waals surface area contributed by atoms with Gasteiger partial charge in [-0.2, -0.15) is 10.4 Å². The van der Waals surface area contributed by atoms with Gasteiger partial charge in [0.1, 0.15) is 5.75 Å². The molecule has 24 heavy (non-hydrogen) atoms. The number of ether oxygens (including phenoxy) is 1. The molecule has 2 heterocycles. The Balaban J connectivity index is 1.62. The second-order valence-corrected chi connectivity index (χ2v) is 5.95. The molecular weight excluding hydrogens is 304 g/mol. The van der Waals surface area contributed by atoms with Crippen LogP contribution in [-0.2, 0) is 11.3 Å². The summed E-state index contributed by atoms with van der Waals surface area (Å²) in [4.78, 5) is 14.6. The van der Waals surface area contributed by atoms with Crippen molar-refractivity contribution < 1.29 is 9.53 Å². The second-order valence-electron chi connectivity index (χ2n) is 5.95. The first-order chi connectivity index (χ1) is 11.7. The van der Waals surface area contributed by atoms with Gasteiger partial charge in [0.25, 0.3) is 5.91 Å². The Bertz CT molecular complexity index is 718. The lowest BCUT2D eigenvalue weighted by atomic mass is 10.2. The minimum atomic E-state index is -0.559. The minimum absolute atomic E-state index is 0.00554. The Kier molecular flexibility index (Phi) is 4.80. The van der Waals surface area contributed by atoms with Crippen molar-refractivity contribution in [3.05, 3.63) is 48.3 Å². The van der Waals surface area contributed by atoms with E-state index < -0.39 is 6.10 Å². The lowest BCUT2D eigenvalue weighted by Gasteiger charge is -2.27. The summed E-state index contributed by atoms with van der Waals surface area (Å²) in [7, 11) is 0. The van der Waals surface area contributed by atoms with E-state index in [0.717, 1.165) is 19.4 Å². The Labute approximate surface area is 141 Å². The molecule has 0 radical (unpaired) electrons. The van der Waals surface area contributed by atoms with Crippen molar-refractivity contribution in [3.63, 3.8) is 0 Å². The van der Waals surface area contributed by atoms with Crippen LogP contribution in [-0.4, -0.2) is 39.3 Å². The molecule has 124 valence electrons. The lowest BCUT2D eigenvalue weighted by molar-refractivity contribution is -0.139. The molecule has 2 atom stereocenters. The van der Waals surface area contributed by atoms with Crippen molar-refractivity contribution in [1.82, 2.24) is 14.7 Å². The third kappa shape index (κ3) is 3.57. The van der Waals surface area contributed by atoms with Crippen LogP contribution in [0.2, 0.25) is 0 Å². The van der Waals surface area contributed by atoms with E-state index in [9.17, 15) is 4.79 Å². The van der Waals surface area contributed by atoms with E-state index in [-0.39, 0.29) is 11.9 Å². The highest BCUT2D eigenvalue weighted by Gasteiger charge is 2.32. The van der Waals surface area contributed by atoms with Gasteiger partial charge in [-0.15, -0.1) is 0 Å². The van der Waals surface area contributed by atoms with Gasteiger partial charge in [-0.1, -0.05) is 0 Å². The van der Waals surface area contributed by atoms with Crippen LogP contribution in [0.1, 0.15) is 25.3 Å². The number of nitriles is 1. The molecule has 0 saturated carbocycles. The predicted molar refractivity (Wildman–Crippen MR) is 88.2 cm³/mol. The quantitative estimate of drug-likeness (QED) is 0.845. The number of hydrogen-bond donors (Lipinski definition) is 0. The maximum atomic E-state index is 12.7.